The summed E-state index contributed by atoms with van der Waals surface area (Å²) < 4.78 is 14.8. The Morgan fingerprint density at radius 3 is 2.77 bits per heavy atom. The second-order valence-electron chi connectivity index (χ2n) is 5.59. The maximum atomic E-state index is 12.8. The van der Waals surface area contributed by atoms with Crippen molar-refractivity contribution >= 4 is 28.7 Å². The van der Waals surface area contributed by atoms with Crippen LogP contribution in [0.5, 0.6) is 0 Å². The number of hydrazone groups is 1. The first-order valence-electron chi connectivity index (χ1n) is 8.00. The lowest BCUT2D eigenvalue weighted by molar-refractivity contribution is -0.119. The molecular weight excluding hydrogens is 331 g/mol. The van der Waals surface area contributed by atoms with Gasteiger partial charge in [0.2, 0.25) is 0 Å². The van der Waals surface area contributed by atoms with Gasteiger partial charge in [0.05, 0.1) is 19.3 Å². The molecule has 3 rings (SSSR count). The number of terminal acetylenes is 1. The highest BCUT2D eigenvalue weighted by Crippen LogP contribution is 2.19. The number of anilines is 1. The largest absolute Gasteiger partial charge is 0.376 e. The minimum atomic E-state index is -0.325. The third-order valence-corrected chi connectivity index (χ3v) is 3.77. The third kappa shape index (κ3) is 4.08. The summed E-state index contributed by atoms with van der Waals surface area (Å²) in [5.41, 5.74) is 4.99. The number of hydrogen-bond acceptors (Lipinski definition) is 3. The second-order valence-corrected chi connectivity index (χ2v) is 5.59. The predicted octanol–water partition coefficient (Wildman–Crippen LogP) is 2.98. The van der Waals surface area contributed by atoms with Gasteiger partial charge in [0.1, 0.15) is 5.82 Å². The fourth-order valence-electron chi connectivity index (χ4n) is 2.57. The lowest BCUT2D eigenvalue weighted by Gasteiger charge is -2.04. The van der Waals surface area contributed by atoms with Crippen LogP contribution in [0.15, 0.2) is 59.8 Å². The number of amides is 1. The zero-order valence-electron chi connectivity index (χ0n) is 13.9. The molecule has 0 aliphatic carbocycles. The highest BCUT2D eigenvalue weighted by Gasteiger charge is 2.06. The van der Waals surface area contributed by atoms with E-state index in [0.717, 1.165) is 16.5 Å². The summed E-state index contributed by atoms with van der Waals surface area (Å²) in [6, 6.07) is 13.6. The standard InChI is InChI=1S/C20H17FN4O/c1-2-11-25-14-15(18-5-3-4-6-19(18)25)12-23-24-20(26)13-22-17-9-7-16(21)8-10-17/h1,3-10,12,14,22H,11,13H2,(H,24,26)/b23-12-. The van der Waals surface area contributed by atoms with Gasteiger partial charge in [-0.25, -0.2) is 9.82 Å². The molecule has 0 aliphatic heterocycles. The van der Waals surface area contributed by atoms with Gasteiger partial charge in [-0.1, -0.05) is 24.1 Å². The molecule has 1 amide bonds. The Bertz CT molecular complexity index is 983. The van der Waals surface area contributed by atoms with E-state index in [-0.39, 0.29) is 18.3 Å². The summed E-state index contributed by atoms with van der Waals surface area (Å²) in [5.74, 6) is 1.98. The molecule has 0 bridgehead atoms. The van der Waals surface area contributed by atoms with Gasteiger partial charge in [0, 0.05) is 28.4 Å². The average Bonchev–Trinajstić information content (AvgIpc) is 3.00. The van der Waals surface area contributed by atoms with Gasteiger partial charge in [-0.2, -0.15) is 5.10 Å². The summed E-state index contributed by atoms with van der Waals surface area (Å²) in [7, 11) is 0. The quantitative estimate of drug-likeness (QED) is 0.409. The van der Waals surface area contributed by atoms with Crippen molar-refractivity contribution in [2.45, 2.75) is 6.54 Å². The van der Waals surface area contributed by atoms with Crippen LogP contribution in [-0.4, -0.2) is 23.2 Å². The van der Waals surface area contributed by atoms with Crippen molar-refractivity contribution in [2.75, 3.05) is 11.9 Å². The molecule has 0 aliphatic rings. The van der Waals surface area contributed by atoms with Crippen molar-refractivity contribution in [3.8, 4) is 12.3 Å². The molecule has 0 radical (unpaired) electrons. The first-order valence-corrected chi connectivity index (χ1v) is 8.00. The van der Waals surface area contributed by atoms with E-state index < -0.39 is 0 Å². The Morgan fingerprint density at radius 2 is 2.00 bits per heavy atom. The monoisotopic (exact) mass is 348 g/mol. The molecule has 0 spiro atoms. The van der Waals surface area contributed by atoms with E-state index in [2.05, 4.69) is 21.8 Å². The maximum Gasteiger partial charge on any atom is 0.259 e. The molecule has 2 N–H and O–H groups in total. The highest BCUT2D eigenvalue weighted by atomic mass is 19.1. The van der Waals surface area contributed by atoms with E-state index in [1.165, 1.54) is 12.1 Å². The van der Waals surface area contributed by atoms with Crippen LogP contribution in [0, 0.1) is 18.2 Å². The van der Waals surface area contributed by atoms with Crippen molar-refractivity contribution in [3.63, 3.8) is 0 Å². The zero-order chi connectivity index (χ0) is 18.4. The lowest BCUT2D eigenvalue weighted by atomic mass is 10.2. The van der Waals surface area contributed by atoms with E-state index in [0.29, 0.717) is 12.2 Å². The van der Waals surface area contributed by atoms with Crippen molar-refractivity contribution in [1.29, 1.82) is 0 Å². The fraction of sp³-hybridized carbons (Fsp3) is 0.100. The van der Waals surface area contributed by atoms with Crippen molar-refractivity contribution in [3.05, 3.63) is 66.1 Å². The van der Waals surface area contributed by atoms with Crippen molar-refractivity contribution in [2.24, 2.45) is 5.10 Å². The number of halogens is 1. The van der Waals surface area contributed by atoms with Crippen LogP contribution >= 0.6 is 0 Å². The van der Waals surface area contributed by atoms with Crippen LogP contribution in [0.4, 0.5) is 10.1 Å². The Hall–Kier alpha value is -3.59. The van der Waals surface area contributed by atoms with Gasteiger partial charge in [-0.3, -0.25) is 4.79 Å². The van der Waals surface area contributed by atoms with Gasteiger partial charge >= 0.3 is 0 Å². The van der Waals surface area contributed by atoms with Gasteiger partial charge in [0.15, 0.2) is 0 Å². The molecule has 0 saturated heterocycles. The second kappa shape index (κ2) is 7.99. The Labute approximate surface area is 150 Å². The van der Waals surface area contributed by atoms with Gasteiger partial charge in [-0.05, 0) is 30.3 Å². The number of carbonyl (C=O) groups excluding carboxylic acids is 1. The average molecular weight is 348 g/mol. The highest BCUT2D eigenvalue weighted by molar-refractivity contribution is 5.99. The Kier molecular flexibility index (Phi) is 5.30. The zero-order valence-corrected chi connectivity index (χ0v) is 13.9. The van der Waals surface area contributed by atoms with E-state index in [9.17, 15) is 9.18 Å². The van der Waals surface area contributed by atoms with Gasteiger partial charge in [-0.15, -0.1) is 6.42 Å². The molecule has 26 heavy (non-hydrogen) atoms. The molecule has 0 saturated carbocycles. The molecule has 0 atom stereocenters. The van der Waals surface area contributed by atoms with E-state index in [4.69, 9.17) is 6.42 Å². The van der Waals surface area contributed by atoms with Crippen LogP contribution in [0.2, 0.25) is 0 Å². The summed E-state index contributed by atoms with van der Waals surface area (Å²) in [6.45, 7) is 0.490. The number of nitrogens with one attached hydrogen (secondary N) is 2. The Balaban J connectivity index is 1.61. The predicted molar refractivity (Wildman–Crippen MR) is 101 cm³/mol. The first-order chi connectivity index (χ1) is 12.7. The fourth-order valence-corrected chi connectivity index (χ4v) is 2.57. The lowest BCUT2D eigenvalue weighted by Crippen LogP contribution is -2.25. The minimum Gasteiger partial charge on any atom is -0.376 e. The van der Waals surface area contributed by atoms with E-state index in [1.807, 2.05) is 35.0 Å². The van der Waals surface area contributed by atoms with Crippen LogP contribution in [-0.2, 0) is 11.3 Å². The number of hydrogen-bond donors (Lipinski definition) is 2. The smallest absolute Gasteiger partial charge is 0.259 e. The van der Waals surface area contributed by atoms with Crippen LogP contribution in [0.3, 0.4) is 0 Å². The molecular formula is C20H17FN4O. The minimum absolute atomic E-state index is 0.0296. The topological polar surface area (TPSA) is 58.4 Å². The van der Waals surface area contributed by atoms with Crippen molar-refractivity contribution < 1.29 is 9.18 Å². The third-order valence-electron chi connectivity index (χ3n) is 3.77. The molecule has 130 valence electrons. The summed E-state index contributed by atoms with van der Waals surface area (Å²) >= 11 is 0. The Morgan fingerprint density at radius 1 is 1.23 bits per heavy atom. The number of carbonyl (C=O) groups is 1. The molecule has 1 aromatic heterocycles. The molecule has 3 aromatic rings. The molecule has 2 aromatic carbocycles. The number of benzene rings is 2. The van der Waals surface area contributed by atoms with Crippen LogP contribution in [0.25, 0.3) is 10.9 Å². The molecule has 0 unspecified atom stereocenters. The van der Waals surface area contributed by atoms with Crippen molar-refractivity contribution in [1.82, 2.24) is 9.99 Å². The van der Waals surface area contributed by atoms with E-state index >= 15 is 0 Å². The van der Waals surface area contributed by atoms with Crippen LogP contribution < -0.4 is 10.7 Å². The summed E-state index contributed by atoms with van der Waals surface area (Å²) in [4.78, 5) is 11.9. The number of aromatic nitrogens is 1. The number of fused-ring (bicyclic) bond motifs is 1. The summed E-state index contributed by atoms with van der Waals surface area (Å²) in [5, 5.41) is 7.90. The number of rotatable bonds is 6. The maximum absolute atomic E-state index is 12.8. The molecule has 5 nitrogen and oxygen atoms in total. The summed E-state index contributed by atoms with van der Waals surface area (Å²) in [6.07, 6.45) is 8.89. The van der Waals surface area contributed by atoms with Gasteiger partial charge in [0.25, 0.3) is 5.91 Å². The number of para-hydroxylation sites is 1. The molecule has 6 heteroatoms. The normalized spacial score (nSPS) is 10.8. The SMILES string of the molecule is C#CCn1cc(/C=N\NC(=O)CNc2ccc(F)cc2)c2ccccc21. The molecule has 0 fully saturated rings. The van der Waals surface area contributed by atoms with Gasteiger partial charge < -0.3 is 9.88 Å². The molecule has 1 heterocycles. The first kappa shape index (κ1) is 17.2. The number of nitrogens with zero attached hydrogens (tertiary/aromatic N) is 2. The van der Waals surface area contributed by atoms with E-state index in [1.54, 1.807) is 18.3 Å². The van der Waals surface area contributed by atoms with Crippen LogP contribution in [0.1, 0.15) is 5.56 Å².